The smallest absolute Gasteiger partial charge is 0.255 e. The number of aromatic nitrogens is 1. The Hall–Kier alpha value is -9.13. The molecular formula is C86H60Br2Cl4IN3O. The molecule has 0 saturated heterocycles. The van der Waals surface area contributed by atoms with Crippen molar-refractivity contribution < 1.29 is 4.79 Å². The van der Waals surface area contributed by atoms with Gasteiger partial charge in [0.15, 0.2) is 0 Å². The number of nitrogens with zero attached hydrogens (tertiary/aromatic N) is 1. The lowest BCUT2D eigenvalue weighted by atomic mass is 9.93. The maximum absolute atomic E-state index is 12.7. The standard InChI is InChI=1S/C25H18ClNO.C25H16ClN.C18H14ClN.C12H8BrCl.C6H4BrI/c26-20-12-8-11-19(17-20)21-13-4-5-14-22(21)23-15-6-7-16-24(23)27-25(28)18-9-2-1-3-10-18;26-19-11-6-10-18(16-19)20-13-7-14-22-24(20)21-12-4-5-15-23(21)27-25(22)17-8-2-1-3-9-17;19-14-7-5-6-13(12-14)15-8-1-2-9-16(15)17-10-3-4-11-18(17)20;13-12-7-2-1-6-11(12)9-4-3-5-10(14)8-9;7-5-3-1-2-4-6(5)8/h1-17H,(H,27,28);1-16H;1-12H,20H2;1-8H;1-4H. The first-order valence-electron chi connectivity index (χ1n) is 30.9. The molecule has 0 bridgehead atoms. The number of para-hydroxylation sites is 3. The molecule has 0 saturated carbocycles. The molecule has 0 aliphatic heterocycles. The lowest BCUT2D eigenvalue weighted by molar-refractivity contribution is 0.102. The van der Waals surface area contributed by atoms with Crippen LogP contribution in [0.4, 0.5) is 11.4 Å². The maximum Gasteiger partial charge on any atom is 0.255 e. The van der Waals surface area contributed by atoms with Crippen molar-refractivity contribution in [1.82, 2.24) is 4.98 Å². The molecule has 1 heterocycles. The normalized spacial score (nSPS) is 10.5. The fourth-order valence-corrected chi connectivity index (χ4v) is 13.1. The summed E-state index contributed by atoms with van der Waals surface area (Å²) in [6.45, 7) is 0. The summed E-state index contributed by atoms with van der Waals surface area (Å²) >= 11 is 33.7. The minimum Gasteiger partial charge on any atom is -0.398 e. The number of hydrogen-bond donors (Lipinski definition) is 2. The number of nitrogen functional groups attached to an aromatic ring is 1. The predicted molar refractivity (Wildman–Crippen MR) is 430 cm³/mol. The van der Waals surface area contributed by atoms with Gasteiger partial charge in [0.1, 0.15) is 0 Å². The van der Waals surface area contributed by atoms with E-state index < -0.39 is 0 Å². The van der Waals surface area contributed by atoms with E-state index >= 15 is 0 Å². The number of amides is 1. The number of nitrogens with one attached hydrogen (secondary N) is 1. The second-order valence-corrected chi connectivity index (χ2v) is 26.7. The first kappa shape index (κ1) is 69.2. The summed E-state index contributed by atoms with van der Waals surface area (Å²) in [7, 11) is 0. The molecule has 0 aliphatic carbocycles. The number of fused-ring (bicyclic) bond motifs is 3. The van der Waals surface area contributed by atoms with Gasteiger partial charge in [0.05, 0.1) is 11.2 Å². The SMILES string of the molecule is Brc1ccccc1I.Clc1cccc(-c2cccc3c(-c4ccccc4)nc4ccccc4c23)c1.Clc1cccc(-c2ccccc2Br)c1.Nc1ccccc1-c1ccccc1-c1cccc(Cl)c1.O=C(Nc1ccccc1-c1ccccc1-c1cccc(Cl)c1)c1ccccc1. The summed E-state index contributed by atoms with van der Waals surface area (Å²) in [6, 6.07) is 114. The summed E-state index contributed by atoms with van der Waals surface area (Å²) in [5.41, 5.74) is 24.5. The Morgan fingerprint density at radius 1 is 0.340 bits per heavy atom. The molecule has 14 aromatic carbocycles. The van der Waals surface area contributed by atoms with Gasteiger partial charge < -0.3 is 11.1 Å². The summed E-state index contributed by atoms with van der Waals surface area (Å²) in [5.74, 6) is -0.131. The van der Waals surface area contributed by atoms with Crippen molar-refractivity contribution in [3.05, 3.63) is 384 Å². The summed E-state index contributed by atoms with van der Waals surface area (Å²) in [6.07, 6.45) is 0. The van der Waals surface area contributed by atoms with E-state index in [2.05, 4.69) is 169 Å². The molecule has 4 nitrogen and oxygen atoms in total. The number of nitrogens with two attached hydrogens (primary N) is 1. The third-order valence-electron chi connectivity index (χ3n) is 15.6. The Balaban J connectivity index is 0.000000129. The van der Waals surface area contributed by atoms with E-state index in [0.717, 1.165) is 120 Å². The van der Waals surface area contributed by atoms with Crippen LogP contribution in [0.15, 0.2) is 355 Å². The maximum atomic E-state index is 12.7. The van der Waals surface area contributed by atoms with Crippen LogP contribution in [0.2, 0.25) is 20.1 Å². The molecular weight excluding hydrogens is 1520 g/mol. The molecule has 1 amide bonds. The molecule has 0 unspecified atom stereocenters. The van der Waals surface area contributed by atoms with Gasteiger partial charge in [0.2, 0.25) is 0 Å². The van der Waals surface area contributed by atoms with Crippen LogP contribution in [-0.2, 0) is 0 Å². The van der Waals surface area contributed by atoms with E-state index in [9.17, 15) is 4.79 Å². The first-order chi connectivity index (χ1) is 47.4. The van der Waals surface area contributed by atoms with Crippen molar-refractivity contribution in [2.24, 2.45) is 0 Å². The third-order valence-corrected chi connectivity index (χ3v) is 19.6. The fourth-order valence-electron chi connectivity index (χ4n) is 11.1. The molecule has 3 N–H and O–H groups in total. The monoisotopic (exact) mass is 1580 g/mol. The molecule has 0 fully saturated rings. The van der Waals surface area contributed by atoms with E-state index in [1.807, 2.05) is 224 Å². The van der Waals surface area contributed by atoms with Crippen molar-refractivity contribution >= 4 is 140 Å². The summed E-state index contributed by atoms with van der Waals surface area (Å²) in [4.78, 5) is 17.7. The van der Waals surface area contributed by atoms with Crippen molar-refractivity contribution in [2.45, 2.75) is 0 Å². The van der Waals surface area contributed by atoms with Gasteiger partial charge in [0.25, 0.3) is 5.91 Å². The number of anilines is 2. The van der Waals surface area contributed by atoms with Crippen molar-refractivity contribution in [3.63, 3.8) is 0 Å². The van der Waals surface area contributed by atoms with Gasteiger partial charge in [-0.15, -0.1) is 0 Å². The fraction of sp³-hybridized carbons (Fsp3) is 0. The van der Waals surface area contributed by atoms with Crippen LogP contribution in [0.25, 0.3) is 99.7 Å². The Morgan fingerprint density at radius 2 is 0.722 bits per heavy atom. The van der Waals surface area contributed by atoms with Crippen LogP contribution in [0, 0.1) is 3.57 Å². The van der Waals surface area contributed by atoms with Gasteiger partial charge in [-0.25, -0.2) is 4.98 Å². The number of benzene rings is 14. The molecule has 11 heteroatoms. The van der Waals surface area contributed by atoms with Crippen molar-refractivity contribution in [1.29, 1.82) is 0 Å². The van der Waals surface area contributed by atoms with Crippen LogP contribution < -0.4 is 11.1 Å². The van der Waals surface area contributed by atoms with Gasteiger partial charge in [-0.2, -0.15) is 0 Å². The first-order valence-corrected chi connectivity index (χ1v) is 35.1. The van der Waals surface area contributed by atoms with Gasteiger partial charge in [-0.1, -0.05) is 311 Å². The van der Waals surface area contributed by atoms with E-state index in [4.69, 9.17) is 57.1 Å². The van der Waals surface area contributed by atoms with Crippen LogP contribution in [0.3, 0.4) is 0 Å². The van der Waals surface area contributed by atoms with Gasteiger partial charge in [0, 0.05) is 82.4 Å². The van der Waals surface area contributed by atoms with Gasteiger partial charge in [-0.3, -0.25) is 4.79 Å². The highest BCUT2D eigenvalue weighted by atomic mass is 127. The molecule has 0 atom stereocenters. The molecule has 97 heavy (non-hydrogen) atoms. The number of pyridine rings is 1. The van der Waals surface area contributed by atoms with Crippen molar-refractivity contribution in [2.75, 3.05) is 11.1 Å². The second-order valence-electron chi connectivity index (χ2n) is 22.1. The third kappa shape index (κ3) is 18.1. The second kappa shape index (κ2) is 34.2. The summed E-state index contributed by atoms with van der Waals surface area (Å²) in [5, 5.41) is 9.50. The quantitative estimate of drug-likeness (QED) is 0.0860. The average Bonchev–Trinajstić information content (AvgIpc) is 0.750. The van der Waals surface area contributed by atoms with Crippen LogP contribution in [0.1, 0.15) is 10.4 Å². The zero-order valence-corrected chi connectivity index (χ0v) is 60.3. The molecule has 0 radical (unpaired) electrons. The highest BCUT2D eigenvalue weighted by molar-refractivity contribution is 14.1. The minimum absolute atomic E-state index is 0.131. The number of halogens is 7. The van der Waals surface area contributed by atoms with E-state index in [0.29, 0.717) is 10.6 Å². The van der Waals surface area contributed by atoms with E-state index in [1.165, 1.54) is 19.0 Å². The molecule has 15 aromatic rings. The number of carbonyl (C=O) groups excluding carboxylic acids is 1. The minimum atomic E-state index is -0.131. The average molecular weight is 1580 g/mol. The number of carbonyl (C=O) groups is 1. The molecule has 1 aromatic heterocycles. The largest absolute Gasteiger partial charge is 0.398 e. The van der Waals surface area contributed by atoms with Crippen LogP contribution in [0.5, 0.6) is 0 Å². The summed E-state index contributed by atoms with van der Waals surface area (Å²) < 4.78 is 3.51. The molecule has 15 rings (SSSR count). The zero-order chi connectivity index (χ0) is 67.5. The van der Waals surface area contributed by atoms with Gasteiger partial charge in [-0.05, 0) is 191 Å². The lowest BCUT2D eigenvalue weighted by Gasteiger charge is -2.15. The molecule has 0 aliphatic rings. The highest BCUT2D eigenvalue weighted by Crippen LogP contribution is 2.41. The van der Waals surface area contributed by atoms with E-state index in [1.54, 1.807) is 12.1 Å². The Kier molecular flexibility index (Phi) is 24.4. The topological polar surface area (TPSA) is 68.0 Å². The lowest BCUT2D eigenvalue weighted by Crippen LogP contribution is -2.12. The number of hydrogen-bond acceptors (Lipinski definition) is 3. The van der Waals surface area contributed by atoms with Gasteiger partial charge >= 0.3 is 0 Å². The molecule has 474 valence electrons. The zero-order valence-electron chi connectivity index (χ0n) is 52.0. The van der Waals surface area contributed by atoms with Crippen LogP contribution in [-0.4, -0.2) is 10.9 Å². The Labute approximate surface area is 616 Å². The predicted octanol–water partition coefficient (Wildman–Crippen LogP) is 27.4. The van der Waals surface area contributed by atoms with Crippen molar-refractivity contribution in [3.8, 4) is 78.0 Å². The Bertz CT molecular complexity index is 5170. The van der Waals surface area contributed by atoms with Crippen LogP contribution >= 0.6 is 101 Å². The Morgan fingerprint density at radius 3 is 1.25 bits per heavy atom. The molecule has 0 spiro atoms. The highest BCUT2D eigenvalue weighted by Gasteiger charge is 2.17. The van der Waals surface area contributed by atoms with E-state index in [-0.39, 0.29) is 5.91 Å². The number of rotatable bonds is 9.